The van der Waals surface area contributed by atoms with Crippen molar-refractivity contribution in [2.45, 2.75) is 27.7 Å². The number of rotatable bonds is 4. The molecule has 2 aromatic rings. The molecule has 126 valence electrons. The smallest absolute Gasteiger partial charge is 0.239 e. The van der Waals surface area contributed by atoms with Gasteiger partial charge >= 0.3 is 0 Å². The molecule has 0 heterocycles. The Bertz CT molecular complexity index is 785. The van der Waals surface area contributed by atoms with Crippen molar-refractivity contribution in [3.8, 4) is 0 Å². The van der Waals surface area contributed by atoms with E-state index in [-0.39, 0.29) is 11.8 Å². The minimum absolute atomic E-state index is 0.364. The van der Waals surface area contributed by atoms with Crippen molar-refractivity contribution in [3.63, 3.8) is 0 Å². The molecular formula is C19H21ClN2O2. The van der Waals surface area contributed by atoms with Crippen molar-refractivity contribution in [2.75, 3.05) is 10.6 Å². The summed E-state index contributed by atoms with van der Waals surface area (Å²) in [6, 6.07) is 12.6. The quantitative estimate of drug-likeness (QED) is 0.799. The molecule has 0 unspecified atom stereocenters. The van der Waals surface area contributed by atoms with Gasteiger partial charge in [-0.25, -0.2) is 0 Å². The Hall–Kier alpha value is -2.33. The van der Waals surface area contributed by atoms with Gasteiger partial charge in [-0.1, -0.05) is 23.7 Å². The Morgan fingerprint density at radius 3 is 2.25 bits per heavy atom. The van der Waals surface area contributed by atoms with Crippen LogP contribution in [0.2, 0.25) is 5.02 Å². The van der Waals surface area contributed by atoms with Gasteiger partial charge in [0.15, 0.2) is 0 Å². The molecule has 0 fully saturated rings. The van der Waals surface area contributed by atoms with Gasteiger partial charge < -0.3 is 10.6 Å². The molecule has 2 rings (SSSR count). The summed E-state index contributed by atoms with van der Waals surface area (Å²) in [5.41, 5.74) is 1.96. The number of hydrogen-bond acceptors (Lipinski definition) is 2. The van der Waals surface area contributed by atoms with Crippen LogP contribution in [0.25, 0.3) is 0 Å². The second-order valence-electron chi connectivity index (χ2n) is 6.36. The highest BCUT2D eigenvalue weighted by Gasteiger charge is 2.36. The van der Waals surface area contributed by atoms with Gasteiger partial charge in [0.1, 0.15) is 5.41 Å². The van der Waals surface area contributed by atoms with E-state index in [0.717, 1.165) is 11.1 Å². The van der Waals surface area contributed by atoms with Crippen molar-refractivity contribution in [1.82, 2.24) is 0 Å². The van der Waals surface area contributed by atoms with E-state index in [0.29, 0.717) is 16.4 Å². The van der Waals surface area contributed by atoms with E-state index < -0.39 is 5.41 Å². The zero-order valence-corrected chi connectivity index (χ0v) is 15.0. The first kappa shape index (κ1) is 18.0. The van der Waals surface area contributed by atoms with Gasteiger partial charge in [0, 0.05) is 16.4 Å². The highest BCUT2D eigenvalue weighted by atomic mass is 35.5. The first-order chi connectivity index (χ1) is 11.2. The average Bonchev–Trinajstić information content (AvgIpc) is 2.49. The Labute approximate surface area is 147 Å². The van der Waals surface area contributed by atoms with Gasteiger partial charge in [0.2, 0.25) is 11.8 Å². The average molecular weight is 345 g/mol. The van der Waals surface area contributed by atoms with Crippen LogP contribution in [0.3, 0.4) is 0 Å². The maximum absolute atomic E-state index is 12.6. The van der Waals surface area contributed by atoms with Crippen LogP contribution in [-0.4, -0.2) is 11.8 Å². The Balaban J connectivity index is 2.12. The number of hydrogen-bond donors (Lipinski definition) is 2. The predicted molar refractivity (Wildman–Crippen MR) is 98.4 cm³/mol. The number of anilines is 2. The summed E-state index contributed by atoms with van der Waals surface area (Å²) in [5, 5.41) is 6.19. The van der Waals surface area contributed by atoms with Crippen LogP contribution in [0, 0.1) is 19.3 Å². The van der Waals surface area contributed by atoms with E-state index in [1.807, 2.05) is 32.0 Å². The third kappa shape index (κ3) is 4.15. The molecule has 0 aliphatic heterocycles. The summed E-state index contributed by atoms with van der Waals surface area (Å²) in [6.45, 7) is 6.98. The molecule has 2 N–H and O–H groups in total. The van der Waals surface area contributed by atoms with Gasteiger partial charge in [-0.2, -0.15) is 0 Å². The standard InChI is InChI=1S/C19H21ClN2O2/c1-12-6-5-7-15(10-12)21-17(23)19(3,4)18(24)22-16-9-8-14(20)11-13(16)2/h5-11H,1-4H3,(H,21,23)(H,22,24). The number of benzene rings is 2. The highest BCUT2D eigenvalue weighted by Crippen LogP contribution is 2.25. The maximum Gasteiger partial charge on any atom is 0.239 e. The molecular weight excluding hydrogens is 324 g/mol. The van der Waals surface area contributed by atoms with E-state index in [4.69, 9.17) is 11.6 Å². The van der Waals surface area contributed by atoms with Crippen molar-refractivity contribution < 1.29 is 9.59 Å². The van der Waals surface area contributed by atoms with Crippen LogP contribution >= 0.6 is 11.6 Å². The fourth-order valence-electron chi connectivity index (χ4n) is 2.16. The topological polar surface area (TPSA) is 58.2 Å². The molecule has 0 aromatic heterocycles. The van der Waals surface area contributed by atoms with Gasteiger partial charge in [-0.05, 0) is 69.2 Å². The summed E-state index contributed by atoms with van der Waals surface area (Å²) in [6.07, 6.45) is 0. The fourth-order valence-corrected chi connectivity index (χ4v) is 2.39. The second kappa shape index (κ2) is 7.05. The third-order valence-corrected chi connectivity index (χ3v) is 4.08. The van der Waals surface area contributed by atoms with Crippen LogP contribution < -0.4 is 10.6 Å². The first-order valence-corrected chi connectivity index (χ1v) is 8.03. The minimum Gasteiger partial charge on any atom is -0.325 e. The molecule has 0 radical (unpaired) electrons. The van der Waals surface area contributed by atoms with E-state index in [9.17, 15) is 9.59 Å². The first-order valence-electron chi connectivity index (χ1n) is 7.66. The zero-order chi connectivity index (χ0) is 17.9. The summed E-state index contributed by atoms with van der Waals surface area (Å²) < 4.78 is 0. The lowest BCUT2D eigenvalue weighted by Crippen LogP contribution is -2.41. The largest absolute Gasteiger partial charge is 0.325 e. The molecule has 2 amide bonds. The minimum atomic E-state index is -1.23. The molecule has 0 bridgehead atoms. The van der Waals surface area contributed by atoms with Crippen LogP contribution in [0.4, 0.5) is 11.4 Å². The molecule has 5 heteroatoms. The fraction of sp³-hybridized carbons (Fsp3) is 0.263. The SMILES string of the molecule is Cc1cccc(NC(=O)C(C)(C)C(=O)Nc2ccc(Cl)cc2C)c1. The second-order valence-corrected chi connectivity index (χ2v) is 6.80. The number of nitrogens with one attached hydrogen (secondary N) is 2. The monoisotopic (exact) mass is 344 g/mol. The van der Waals surface area contributed by atoms with E-state index in [1.165, 1.54) is 0 Å². The van der Waals surface area contributed by atoms with Gasteiger partial charge in [0.25, 0.3) is 0 Å². The Morgan fingerprint density at radius 1 is 0.958 bits per heavy atom. The Morgan fingerprint density at radius 2 is 1.62 bits per heavy atom. The lowest BCUT2D eigenvalue weighted by molar-refractivity contribution is -0.135. The molecule has 0 aliphatic rings. The molecule has 0 atom stereocenters. The predicted octanol–water partition coefficient (Wildman–Crippen LogP) is 4.56. The molecule has 2 aromatic carbocycles. The third-order valence-electron chi connectivity index (χ3n) is 3.85. The lowest BCUT2D eigenvalue weighted by Gasteiger charge is -2.23. The molecule has 0 aliphatic carbocycles. The number of amides is 2. The van der Waals surface area contributed by atoms with Crippen LogP contribution in [0.1, 0.15) is 25.0 Å². The number of aryl methyl sites for hydroxylation is 2. The van der Waals surface area contributed by atoms with Crippen LogP contribution in [0.15, 0.2) is 42.5 Å². The van der Waals surface area contributed by atoms with E-state index >= 15 is 0 Å². The van der Waals surface area contributed by atoms with Gasteiger partial charge in [-0.15, -0.1) is 0 Å². The van der Waals surface area contributed by atoms with E-state index in [2.05, 4.69) is 10.6 Å². The van der Waals surface area contributed by atoms with Crippen molar-refractivity contribution in [3.05, 3.63) is 58.6 Å². The van der Waals surface area contributed by atoms with Gasteiger partial charge in [0.05, 0.1) is 0 Å². The summed E-state index contributed by atoms with van der Waals surface area (Å²) in [5.74, 6) is -0.740. The molecule has 0 saturated heterocycles. The number of carbonyl (C=O) groups is 2. The van der Waals surface area contributed by atoms with Crippen molar-refractivity contribution >= 4 is 34.8 Å². The highest BCUT2D eigenvalue weighted by molar-refractivity contribution is 6.30. The summed E-state index contributed by atoms with van der Waals surface area (Å²) >= 11 is 5.92. The summed E-state index contributed by atoms with van der Waals surface area (Å²) in [7, 11) is 0. The molecule has 24 heavy (non-hydrogen) atoms. The Kier molecular flexibility index (Phi) is 5.30. The van der Waals surface area contributed by atoms with Gasteiger partial charge in [-0.3, -0.25) is 9.59 Å². The molecule has 4 nitrogen and oxygen atoms in total. The molecule has 0 saturated carbocycles. The van der Waals surface area contributed by atoms with E-state index in [1.54, 1.807) is 38.1 Å². The summed E-state index contributed by atoms with van der Waals surface area (Å²) in [4.78, 5) is 25.1. The molecule has 0 spiro atoms. The van der Waals surface area contributed by atoms with Crippen LogP contribution in [-0.2, 0) is 9.59 Å². The number of carbonyl (C=O) groups excluding carboxylic acids is 2. The zero-order valence-electron chi connectivity index (χ0n) is 14.2. The number of halogens is 1. The maximum atomic E-state index is 12.6. The van der Waals surface area contributed by atoms with Crippen LogP contribution in [0.5, 0.6) is 0 Å². The van der Waals surface area contributed by atoms with Crippen molar-refractivity contribution in [1.29, 1.82) is 0 Å². The lowest BCUT2D eigenvalue weighted by atomic mass is 9.90. The normalized spacial score (nSPS) is 11.0. The van der Waals surface area contributed by atoms with Crippen molar-refractivity contribution in [2.24, 2.45) is 5.41 Å².